The van der Waals surface area contributed by atoms with Crippen molar-refractivity contribution in [3.05, 3.63) is 29.3 Å². The molecule has 17 heavy (non-hydrogen) atoms. The molecule has 2 rings (SSSR count). The van der Waals surface area contributed by atoms with Gasteiger partial charge in [0.25, 0.3) is 0 Å². The minimum absolute atomic E-state index is 0.159. The lowest BCUT2D eigenvalue weighted by atomic mass is 9.94. The highest BCUT2D eigenvalue weighted by molar-refractivity contribution is 7.90. The zero-order valence-corrected chi connectivity index (χ0v) is 10.1. The Morgan fingerprint density at radius 3 is 2.76 bits per heavy atom. The van der Waals surface area contributed by atoms with Gasteiger partial charge in [-0.15, -0.1) is 0 Å². The van der Waals surface area contributed by atoms with Gasteiger partial charge in [0.15, 0.2) is 9.84 Å². The highest BCUT2D eigenvalue weighted by Gasteiger charge is 2.26. The first-order valence-electron chi connectivity index (χ1n) is 5.18. The van der Waals surface area contributed by atoms with Gasteiger partial charge in [-0.3, -0.25) is 4.79 Å². The molecule has 0 amide bonds. The third-order valence-electron chi connectivity index (χ3n) is 2.85. The van der Waals surface area contributed by atoms with E-state index in [4.69, 9.17) is 5.11 Å². The van der Waals surface area contributed by atoms with E-state index in [9.17, 15) is 13.2 Å². The molecule has 0 fully saturated rings. The van der Waals surface area contributed by atoms with E-state index < -0.39 is 21.8 Å². The maximum atomic E-state index is 11.4. The van der Waals surface area contributed by atoms with Crippen LogP contribution in [0.4, 0.5) is 0 Å². The van der Waals surface area contributed by atoms with Gasteiger partial charge in [0.05, 0.1) is 4.90 Å². The van der Waals surface area contributed by atoms with E-state index in [1.165, 1.54) is 12.1 Å². The van der Waals surface area contributed by atoms with Crippen molar-refractivity contribution >= 4 is 15.8 Å². The molecule has 1 aromatic rings. The molecule has 5 nitrogen and oxygen atoms in total. The monoisotopic (exact) mass is 255 g/mol. The molecule has 6 heteroatoms. The summed E-state index contributed by atoms with van der Waals surface area (Å²) in [6.45, 7) is 0.586. The van der Waals surface area contributed by atoms with Crippen molar-refractivity contribution in [3.8, 4) is 0 Å². The molecule has 1 aliphatic rings. The number of nitrogens with one attached hydrogen (secondary N) is 1. The van der Waals surface area contributed by atoms with Gasteiger partial charge in [-0.2, -0.15) is 0 Å². The number of carbonyl (C=O) groups is 1. The van der Waals surface area contributed by atoms with Crippen LogP contribution in [0.3, 0.4) is 0 Å². The molecule has 1 atom stereocenters. The number of benzene rings is 1. The van der Waals surface area contributed by atoms with Crippen molar-refractivity contribution in [2.45, 2.75) is 17.4 Å². The number of aliphatic carboxylic acids is 1. The Morgan fingerprint density at radius 2 is 2.18 bits per heavy atom. The summed E-state index contributed by atoms with van der Waals surface area (Å²) in [6.07, 6.45) is 1.82. The summed E-state index contributed by atoms with van der Waals surface area (Å²) < 4.78 is 22.9. The molecule has 0 saturated heterocycles. The van der Waals surface area contributed by atoms with Gasteiger partial charge in [-0.25, -0.2) is 8.42 Å². The predicted octanol–water partition coefficient (Wildman–Crippen LogP) is 0.361. The number of fused-ring (bicyclic) bond motifs is 1. The molecule has 1 aromatic carbocycles. The van der Waals surface area contributed by atoms with Crippen LogP contribution in [0.25, 0.3) is 0 Å². The lowest BCUT2D eigenvalue weighted by molar-refractivity contribution is -0.139. The second-order valence-electron chi connectivity index (χ2n) is 4.11. The van der Waals surface area contributed by atoms with Gasteiger partial charge in [0.1, 0.15) is 6.04 Å². The molecule has 92 valence electrons. The second-order valence-corrected chi connectivity index (χ2v) is 6.12. The number of rotatable bonds is 2. The Morgan fingerprint density at radius 1 is 1.47 bits per heavy atom. The smallest absolute Gasteiger partial charge is 0.325 e. The van der Waals surface area contributed by atoms with Crippen LogP contribution in [-0.2, 0) is 21.1 Å². The molecular weight excluding hydrogens is 242 g/mol. The third kappa shape index (κ3) is 2.32. The molecule has 0 bridgehead atoms. The minimum Gasteiger partial charge on any atom is -0.480 e. The van der Waals surface area contributed by atoms with Crippen LogP contribution >= 0.6 is 0 Å². The van der Waals surface area contributed by atoms with E-state index in [2.05, 4.69) is 5.32 Å². The highest BCUT2D eigenvalue weighted by Crippen LogP contribution is 2.26. The van der Waals surface area contributed by atoms with Gasteiger partial charge in [0.2, 0.25) is 0 Å². The minimum atomic E-state index is -3.31. The molecule has 0 aromatic heterocycles. The van der Waals surface area contributed by atoms with E-state index >= 15 is 0 Å². The first kappa shape index (κ1) is 12.1. The first-order chi connectivity index (χ1) is 7.89. The number of hydrogen-bond donors (Lipinski definition) is 2. The Hall–Kier alpha value is -1.40. The van der Waals surface area contributed by atoms with Crippen LogP contribution in [0.15, 0.2) is 23.1 Å². The Labute approximate surface area is 99.4 Å². The molecule has 0 aliphatic carbocycles. The topological polar surface area (TPSA) is 83.5 Å². The maximum absolute atomic E-state index is 11.4. The van der Waals surface area contributed by atoms with Crippen molar-refractivity contribution < 1.29 is 18.3 Å². The number of hydrogen-bond acceptors (Lipinski definition) is 4. The van der Waals surface area contributed by atoms with Crippen LogP contribution in [0.5, 0.6) is 0 Å². The van der Waals surface area contributed by atoms with Gasteiger partial charge in [-0.1, -0.05) is 6.07 Å². The van der Waals surface area contributed by atoms with Gasteiger partial charge in [-0.05, 0) is 29.7 Å². The normalized spacial score (nSPS) is 19.7. The van der Waals surface area contributed by atoms with E-state index in [0.29, 0.717) is 18.5 Å². The van der Waals surface area contributed by atoms with Crippen molar-refractivity contribution in [1.29, 1.82) is 0 Å². The van der Waals surface area contributed by atoms with Gasteiger partial charge in [0, 0.05) is 12.8 Å². The number of carboxylic acids is 1. The second kappa shape index (κ2) is 4.12. The first-order valence-corrected chi connectivity index (χ1v) is 7.08. The van der Waals surface area contributed by atoms with Crippen LogP contribution in [0.1, 0.15) is 17.2 Å². The zero-order chi connectivity index (χ0) is 12.6. The van der Waals surface area contributed by atoms with Crippen LogP contribution in [0, 0.1) is 0 Å². The van der Waals surface area contributed by atoms with E-state index in [-0.39, 0.29) is 4.90 Å². The van der Waals surface area contributed by atoms with E-state index in [1.54, 1.807) is 6.07 Å². The van der Waals surface area contributed by atoms with Gasteiger partial charge >= 0.3 is 5.97 Å². The fraction of sp³-hybridized carbons (Fsp3) is 0.364. The van der Waals surface area contributed by atoms with E-state index in [0.717, 1.165) is 11.8 Å². The molecule has 1 unspecified atom stereocenters. The van der Waals surface area contributed by atoms with Crippen molar-refractivity contribution in [3.63, 3.8) is 0 Å². The maximum Gasteiger partial charge on any atom is 0.325 e. The summed E-state index contributed by atoms with van der Waals surface area (Å²) in [5, 5.41) is 11.9. The Bertz CT molecular complexity index is 565. The standard InChI is InChI=1S/C11H13NO4S/c1-17(15,16)8-3-2-7-4-5-12-10(11(13)14)9(7)6-8/h2-3,6,10,12H,4-5H2,1H3,(H,13,14). The Balaban J connectivity index is 2.55. The summed E-state index contributed by atoms with van der Waals surface area (Å²) in [6, 6.07) is 3.86. The molecule has 0 radical (unpaired) electrons. The molecular formula is C11H13NO4S. The SMILES string of the molecule is CS(=O)(=O)c1ccc2c(c1)C(C(=O)O)NCC2. The van der Waals surface area contributed by atoms with Crippen LogP contribution in [-0.4, -0.2) is 32.3 Å². The number of carboxylic acid groups (broad SMARTS) is 1. The predicted molar refractivity (Wildman–Crippen MR) is 61.6 cm³/mol. The largest absolute Gasteiger partial charge is 0.480 e. The lowest BCUT2D eigenvalue weighted by Gasteiger charge is -2.24. The number of sulfone groups is 1. The molecule has 1 heterocycles. The summed E-state index contributed by atoms with van der Waals surface area (Å²) in [5.41, 5.74) is 1.44. The summed E-state index contributed by atoms with van der Waals surface area (Å²) in [7, 11) is -3.31. The van der Waals surface area contributed by atoms with Gasteiger partial charge < -0.3 is 10.4 Å². The summed E-state index contributed by atoms with van der Waals surface area (Å²) >= 11 is 0. The van der Waals surface area contributed by atoms with Crippen molar-refractivity contribution in [2.75, 3.05) is 12.8 Å². The average molecular weight is 255 g/mol. The Kier molecular flexibility index (Phi) is 2.92. The third-order valence-corrected chi connectivity index (χ3v) is 3.96. The molecule has 0 spiro atoms. The van der Waals surface area contributed by atoms with Crippen LogP contribution < -0.4 is 5.32 Å². The fourth-order valence-corrected chi connectivity index (χ4v) is 2.64. The highest BCUT2D eigenvalue weighted by atomic mass is 32.2. The summed E-state index contributed by atoms with van der Waals surface area (Å²) in [4.78, 5) is 11.2. The molecule has 1 aliphatic heterocycles. The quantitative estimate of drug-likeness (QED) is 0.797. The zero-order valence-electron chi connectivity index (χ0n) is 9.30. The summed E-state index contributed by atoms with van der Waals surface area (Å²) in [5.74, 6) is -0.989. The van der Waals surface area contributed by atoms with E-state index in [1.807, 2.05) is 0 Å². The average Bonchev–Trinajstić information content (AvgIpc) is 2.26. The molecule has 0 saturated carbocycles. The molecule has 2 N–H and O–H groups in total. The van der Waals surface area contributed by atoms with Crippen molar-refractivity contribution in [1.82, 2.24) is 5.32 Å². The lowest BCUT2D eigenvalue weighted by Crippen LogP contribution is -2.35. The van der Waals surface area contributed by atoms with Crippen LogP contribution in [0.2, 0.25) is 0 Å². The fourth-order valence-electron chi connectivity index (χ4n) is 1.98. The van der Waals surface area contributed by atoms with Crippen molar-refractivity contribution in [2.24, 2.45) is 0 Å².